The molecule has 144 valence electrons. The molecule has 0 unspecified atom stereocenters. The number of carbonyl (C=O) groups is 2. The number of benzene rings is 2. The van der Waals surface area contributed by atoms with Gasteiger partial charge in [0.15, 0.2) is 0 Å². The quantitative estimate of drug-likeness (QED) is 0.525. The van der Waals surface area contributed by atoms with Gasteiger partial charge in [0, 0.05) is 11.4 Å². The molecule has 27 heavy (non-hydrogen) atoms. The summed E-state index contributed by atoms with van der Waals surface area (Å²) in [4.78, 5) is 23.5. The normalized spacial score (nSPS) is 10.3. The number of hydrogen-bond acceptors (Lipinski definition) is 4. The average Bonchev–Trinajstić information content (AvgIpc) is 2.67. The first-order valence-corrected chi connectivity index (χ1v) is 9.25. The molecule has 0 heterocycles. The Kier molecular flexibility index (Phi) is 8.16. The van der Waals surface area contributed by atoms with Crippen molar-refractivity contribution < 1.29 is 14.3 Å². The zero-order valence-corrected chi connectivity index (χ0v) is 15.7. The minimum Gasteiger partial charge on any atom is -0.494 e. The van der Waals surface area contributed by atoms with E-state index in [2.05, 4.69) is 17.6 Å². The molecule has 6 heteroatoms. The van der Waals surface area contributed by atoms with E-state index in [4.69, 9.17) is 10.5 Å². The molecule has 0 aromatic heterocycles. The molecule has 0 aliphatic heterocycles. The lowest BCUT2D eigenvalue weighted by molar-refractivity contribution is -0.114. The van der Waals surface area contributed by atoms with E-state index in [1.54, 1.807) is 36.4 Å². The number of unbranched alkanes of at least 4 members (excludes halogenated alkanes) is 3. The molecular formula is C21H27N3O3. The standard InChI is InChI=1S/C21H27N3O3/c1-2-3-4-7-14-27-17-12-10-16(11-13-17)24-20(25)15-23-19-9-6-5-8-18(19)21(22)26/h5-6,8-13,23H,2-4,7,14-15H2,1H3,(H2,22,26)(H,24,25). The van der Waals surface area contributed by atoms with Crippen molar-refractivity contribution in [1.29, 1.82) is 0 Å². The molecule has 2 aromatic rings. The van der Waals surface area contributed by atoms with Gasteiger partial charge in [-0.25, -0.2) is 0 Å². The first kappa shape index (κ1) is 20.3. The SMILES string of the molecule is CCCCCCOc1ccc(NC(=O)CNc2ccccc2C(N)=O)cc1. The van der Waals surface area contributed by atoms with E-state index in [1.807, 2.05) is 12.1 Å². The fourth-order valence-electron chi connectivity index (χ4n) is 2.59. The molecule has 0 radical (unpaired) electrons. The zero-order valence-electron chi connectivity index (χ0n) is 15.7. The van der Waals surface area contributed by atoms with Crippen molar-refractivity contribution in [3.63, 3.8) is 0 Å². The maximum atomic E-state index is 12.1. The maximum absolute atomic E-state index is 12.1. The van der Waals surface area contributed by atoms with Crippen molar-refractivity contribution in [3.8, 4) is 5.75 Å². The minimum atomic E-state index is -0.538. The van der Waals surface area contributed by atoms with Gasteiger partial charge in [0.25, 0.3) is 5.91 Å². The molecule has 2 rings (SSSR count). The van der Waals surface area contributed by atoms with Gasteiger partial charge in [0.05, 0.1) is 18.7 Å². The lowest BCUT2D eigenvalue weighted by Gasteiger charge is -2.11. The minimum absolute atomic E-state index is 0.0278. The van der Waals surface area contributed by atoms with E-state index in [0.717, 1.165) is 12.2 Å². The summed E-state index contributed by atoms with van der Waals surface area (Å²) in [6, 6.07) is 14.1. The number of anilines is 2. The summed E-state index contributed by atoms with van der Waals surface area (Å²) in [5.74, 6) is 0.0318. The molecule has 0 atom stereocenters. The molecule has 6 nitrogen and oxygen atoms in total. The summed E-state index contributed by atoms with van der Waals surface area (Å²) in [5.41, 5.74) is 6.90. The number of primary amides is 1. The second kappa shape index (κ2) is 10.9. The number of ether oxygens (including phenoxy) is 1. The molecule has 0 saturated carbocycles. The summed E-state index contributed by atoms with van der Waals surface area (Å²) >= 11 is 0. The highest BCUT2D eigenvalue weighted by atomic mass is 16.5. The number of nitrogens with one attached hydrogen (secondary N) is 2. The molecular weight excluding hydrogens is 342 g/mol. The second-order valence-corrected chi connectivity index (χ2v) is 6.25. The topological polar surface area (TPSA) is 93.4 Å². The van der Waals surface area contributed by atoms with Crippen molar-refractivity contribution in [3.05, 3.63) is 54.1 Å². The Bertz CT molecular complexity index is 745. The highest BCUT2D eigenvalue weighted by Gasteiger charge is 2.08. The molecule has 0 aliphatic rings. The van der Waals surface area contributed by atoms with Crippen LogP contribution < -0.4 is 21.1 Å². The average molecular weight is 369 g/mol. The Morgan fingerprint density at radius 2 is 1.74 bits per heavy atom. The number of amides is 2. The third-order valence-corrected chi connectivity index (χ3v) is 4.04. The summed E-state index contributed by atoms with van der Waals surface area (Å²) in [5, 5.41) is 5.73. The Balaban J connectivity index is 1.78. The van der Waals surface area contributed by atoms with E-state index < -0.39 is 5.91 Å². The van der Waals surface area contributed by atoms with Crippen LogP contribution in [0.3, 0.4) is 0 Å². The number of carbonyl (C=O) groups excluding carboxylic acids is 2. The largest absolute Gasteiger partial charge is 0.494 e. The number of rotatable bonds is 11. The van der Waals surface area contributed by atoms with Crippen LogP contribution in [0.4, 0.5) is 11.4 Å². The van der Waals surface area contributed by atoms with E-state index in [9.17, 15) is 9.59 Å². The second-order valence-electron chi connectivity index (χ2n) is 6.25. The highest BCUT2D eigenvalue weighted by Crippen LogP contribution is 2.17. The van der Waals surface area contributed by atoms with Crippen LogP contribution in [-0.4, -0.2) is 25.0 Å². The fraction of sp³-hybridized carbons (Fsp3) is 0.333. The summed E-state index contributed by atoms with van der Waals surface area (Å²) in [7, 11) is 0. The third kappa shape index (κ3) is 7.01. The number of nitrogens with two attached hydrogens (primary N) is 1. The van der Waals surface area contributed by atoms with Gasteiger partial charge < -0.3 is 21.1 Å². The van der Waals surface area contributed by atoms with Gasteiger partial charge in [0.1, 0.15) is 5.75 Å². The monoisotopic (exact) mass is 369 g/mol. The van der Waals surface area contributed by atoms with Gasteiger partial charge in [0.2, 0.25) is 5.91 Å². The van der Waals surface area contributed by atoms with E-state index >= 15 is 0 Å². The number of hydrogen-bond donors (Lipinski definition) is 3. The molecule has 2 aromatic carbocycles. The van der Waals surface area contributed by atoms with Crippen molar-refractivity contribution in [1.82, 2.24) is 0 Å². The van der Waals surface area contributed by atoms with Gasteiger partial charge in [-0.1, -0.05) is 38.3 Å². The van der Waals surface area contributed by atoms with Crippen LogP contribution in [0.1, 0.15) is 43.0 Å². The van der Waals surface area contributed by atoms with Gasteiger partial charge >= 0.3 is 0 Å². The summed E-state index contributed by atoms with van der Waals surface area (Å²) < 4.78 is 5.68. The number of para-hydroxylation sites is 1. The zero-order chi connectivity index (χ0) is 19.5. The predicted molar refractivity (Wildman–Crippen MR) is 108 cm³/mol. The van der Waals surface area contributed by atoms with Crippen LogP contribution in [-0.2, 0) is 4.79 Å². The first-order chi connectivity index (χ1) is 13.1. The van der Waals surface area contributed by atoms with Crippen molar-refractivity contribution in [2.45, 2.75) is 32.6 Å². The third-order valence-electron chi connectivity index (χ3n) is 4.04. The van der Waals surface area contributed by atoms with Crippen LogP contribution in [0.2, 0.25) is 0 Å². The molecule has 0 aliphatic carbocycles. The maximum Gasteiger partial charge on any atom is 0.250 e. The first-order valence-electron chi connectivity index (χ1n) is 9.25. The van der Waals surface area contributed by atoms with Crippen LogP contribution in [0.15, 0.2) is 48.5 Å². The molecule has 0 bridgehead atoms. The van der Waals surface area contributed by atoms with Crippen LogP contribution in [0.5, 0.6) is 5.75 Å². The van der Waals surface area contributed by atoms with Gasteiger partial charge in [-0.15, -0.1) is 0 Å². The molecule has 0 saturated heterocycles. The molecule has 4 N–H and O–H groups in total. The Hall–Kier alpha value is -3.02. The molecule has 0 spiro atoms. The molecule has 2 amide bonds. The predicted octanol–water partition coefficient (Wildman–Crippen LogP) is 3.80. The van der Waals surface area contributed by atoms with Crippen molar-refractivity contribution >= 4 is 23.2 Å². The van der Waals surface area contributed by atoms with Crippen LogP contribution in [0.25, 0.3) is 0 Å². The Morgan fingerprint density at radius 3 is 2.44 bits per heavy atom. The van der Waals surface area contributed by atoms with Gasteiger partial charge in [-0.05, 0) is 42.8 Å². The lowest BCUT2D eigenvalue weighted by Crippen LogP contribution is -2.23. The summed E-state index contributed by atoms with van der Waals surface area (Å²) in [6.45, 7) is 2.91. The van der Waals surface area contributed by atoms with Crippen molar-refractivity contribution in [2.75, 3.05) is 23.8 Å². The Morgan fingerprint density at radius 1 is 1.00 bits per heavy atom. The fourth-order valence-corrected chi connectivity index (χ4v) is 2.59. The van der Waals surface area contributed by atoms with Crippen molar-refractivity contribution in [2.24, 2.45) is 5.73 Å². The smallest absolute Gasteiger partial charge is 0.250 e. The molecule has 0 fully saturated rings. The lowest BCUT2D eigenvalue weighted by atomic mass is 10.1. The van der Waals surface area contributed by atoms with E-state index in [-0.39, 0.29) is 12.5 Å². The Labute approximate surface area is 160 Å². The highest BCUT2D eigenvalue weighted by molar-refractivity contribution is 6.00. The van der Waals surface area contributed by atoms with Gasteiger partial charge in [-0.2, -0.15) is 0 Å². The van der Waals surface area contributed by atoms with Gasteiger partial charge in [-0.3, -0.25) is 9.59 Å². The van der Waals surface area contributed by atoms with E-state index in [0.29, 0.717) is 23.5 Å². The van der Waals surface area contributed by atoms with E-state index in [1.165, 1.54) is 19.3 Å². The summed E-state index contributed by atoms with van der Waals surface area (Å²) in [6.07, 6.45) is 4.66. The van der Waals surface area contributed by atoms with Crippen LogP contribution in [0, 0.1) is 0 Å². The van der Waals surface area contributed by atoms with Crippen LogP contribution >= 0.6 is 0 Å².